The summed E-state index contributed by atoms with van der Waals surface area (Å²) in [4.78, 5) is 21.5. The van der Waals surface area contributed by atoms with Crippen molar-refractivity contribution in [2.24, 2.45) is 0 Å². The molecule has 4 rings (SSSR count). The number of hydrogen-bond acceptors (Lipinski definition) is 4. The van der Waals surface area contributed by atoms with Crippen molar-refractivity contribution in [3.63, 3.8) is 0 Å². The number of nitrogens with zero attached hydrogens (tertiary/aromatic N) is 2. The first-order valence-corrected chi connectivity index (χ1v) is 9.74. The number of aryl methyl sites for hydroxylation is 1. The van der Waals surface area contributed by atoms with Crippen LogP contribution < -0.4 is 10.6 Å². The predicted octanol–water partition coefficient (Wildman–Crippen LogP) is 3.57. The van der Waals surface area contributed by atoms with Crippen LogP contribution in [0.15, 0.2) is 67.0 Å². The van der Waals surface area contributed by atoms with E-state index in [4.69, 9.17) is 0 Å². The van der Waals surface area contributed by atoms with Crippen LogP contribution in [0.25, 0.3) is 0 Å². The Bertz CT molecular complexity index is 925. The fourth-order valence-electron chi connectivity index (χ4n) is 3.60. The number of nitrogens with one attached hydrogen (secondary N) is 2. The van der Waals surface area contributed by atoms with Gasteiger partial charge in [0.25, 0.3) is 5.91 Å². The lowest BCUT2D eigenvalue weighted by Gasteiger charge is -2.25. The summed E-state index contributed by atoms with van der Waals surface area (Å²) in [5, 5.41) is 6.52. The molecule has 5 heteroatoms. The van der Waals surface area contributed by atoms with Crippen LogP contribution in [0.4, 0.5) is 0 Å². The molecule has 0 saturated heterocycles. The average molecular weight is 372 g/mol. The zero-order valence-electron chi connectivity index (χ0n) is 15.8. The number of pyridine rings is 2. The van der Waals surface area contributed by atoms with Gasteiger partial charge in [0, 0.05) is 31.0 Å². The van der Waals surface area contributed by atoms with Crippen LogP contribution in [0, 0.1) is 0 Å². The molecule has 1 aliphatic carbocycles. The number of amides is 1. The molecule has 2 aromatic heterocycles. The molecule has 0 bridgehead atoms. The number of carbonyl (C=O) groups is 1. The van der Waals surface area contributed by atoms with E-state index in [1.165, 1.54) is 5.56 Å². The minimum Gasteiger partial charge on any atom is -0.344 e. The normalized spacial score (nSPS) is 15.6. The Hall–Kier alpha value is -3.05. The first-order chi connectivity index (χ1) is 13.8. The summed E-state index contributed by atoms with van der Waals surface area (Å²) in [6.07, 6.45) is 6.65. The quantitative estimate of drug-likeness (QED) is 0.694. The van der Waals surface area contributed by atoms with Gasteiger partial charge in [-0.15, -0.1) is 0 Å². The second kappa shape index (κ2) is 8.76. The van der Waals surface area contributed by atoms with Crippen LogP contribution in [0.1, 0.15) is 51.8 Å². The van der Waals surface area contributed by atoms with Crippen molar-refractivity contribution in [2.45, 2.75) is 38.4 Å². The third-order valence-corrected chi connectivity index (χ3v) is 5.08. The van der Waals surface area contributed by atoms with Gasteiger partial charge in [0.05, 0.1) is 17.4 Å². The number of hydrogen-bond donors (Lipinski definition) is 2. The predicted molar refractivity (Wildman–Crippen MR) is 109 cm³/mol. The van der Waals surface area contributed by atoms with Crippen molar-refractivity contribution in [1.29, 1.82) is 0 Å². The lowest BCUT2D eigenvalue weighted by atomic mass is 9.91. The van der Waals surface area contributed by atoms with E-state index in [-0.39, 0.29) is 11.9 Å². The fourth-order valence-corrected chi connectivity index (χ4v) is 3.60. The molecule has 28 heavy (non-hydrogen) atoms. The van der Waals surface area contributed by atoms with Crippen molar-refractivity contribution in [2.75, 3.05) is 0 Å². The molecule has 1 unspecified atom stereocenters. The SMILES string of the molecule is O=C(NC1CCCc2cccnc21)c1ccc(CNCc2ccccn2)cc1. The van der Waals surface area contributed by atoms with Gasteiger partial charge < -0.3 is 10.6 Å². The molecule has 0 radical (unpaired) electrons. The van der Waals surface area contributed by atoms with Gasteiger partial charge >= 0.3 is 0 Å². The van der Waals surface area contributed by atoms with Crippen LogP contribution >= 0.6 is 0 Å². The second-order valence-electron chi connectivity index (χ2n) is 7.09. The highest BCUT2D eigenvalue weighted by atomic mass is 16.1. The van der Waals surface area contributed by atoms with E-state index in [0.717, 1.165) is 49.3 Å². The molecule has 2 heterocycles. The van der Waals surface area contributed by atoms with Crippen LogP contribution in [0.5, 0.6) is 0 Å². The zero-order valence-corrected chi connectivity index (χ0v) is 15.8. The topological polar surface area (TPSA) is 66.9 Å². The molecule has 1 aliphatic rings. The number of rotatable bonds is 6. The fraction of sp³-hybridized carbons (Fsp3) is 0.261. The molecule has 2 N–H and O–H groups in total. The molecular weight excluding hydrogens is 348 g/mol. The molecule has 3 aromatic rings. The van der Waals surface area contributed by atoms with Crippen LogP contribution in [-0.4, -0.2) is 15.9 Å². The molecule has 0 fully saturated rings. The van der Waals surface area contributed by atoms with E-state index in [2.05, 4.69) is 26.7 Å². The monoisotopic (exact) mass is 372 g/mol. The Morgan fingerprint density at radius 2 is 1.82 bits per heavy atom. The summed E-state index contributed by atoms with van der Waals surface area (Å²) in [6, 6.07) is 17.7. The van der Waals surface area contributed by atoms with Gasteiger partial charge in [0.2, 0.25) is 0 Å². The van der Waals surface area contributed by atoms with Crippen LogP contribution in [0.2, 0.25) is 0 Å². The van der Waals surface area contributed by atoms with E-state index in [1.807, 2.05) is 48.5 Å². The van der Waals surface area contributed by atoms with Gasteiger partial charge in [0.15, 0.2) is 0 Å². The standard InChI is InChI=1S/C23H24N4O/c28-23(27-21-8-3-5-18-6-4-14-26-22(18)21)19-11-9-17(10-12-19)15-24-16-20-7-1-2-13-25-20/h1-2,4,6-7,9-14,21,24H,3,5,8,15-16H2,(H,27,28). The van der Waals surface area contributed by atoms with Crippen LogP contribution in [0.3, 0.4) is 0 Å². The molecule has 0 spiro atoms. The van der Waals surface area contributed by atoms with Gasteiger partial charge in [-0.3, -0.25) is 14.8 Å². The Labute approximate surface area is 165 Å². The Morgan fingerprint density at radius 3 is 2.64 bits per heavy atom. The first-order valence-electron chi connectivity index (χ1n) is 9.74. The van der Waals surface area contributed by atoms with Crippen molar-refractivity contribution < 1.29 is 4.79 Å². The van der Waals surface area contributed by atoms with Gasteiger partial charge in [0.1, 0.15) is 0 Å². The summed E-state index contributed by atoms with van der Waals surface area (Å²) in [5.41, 5.74) is 5.08. The maximum Gasteiger partial charge on any atom is 0.251 e. The van der Waals surface area contributed by atoms with E-state index in [0.29, 0.717) is 5.56 Å². The van der Waals surface area contributed by atoms with Gasteiger partial charge in [-0.05, 0) is 60.7 Å². The van der Waals surface area contributed by atoms with Crippen molar-refractivity contribution in [1.82, 2.24) is 20.6 Å². The third-order valence-electron chi connectivity index (χ3n) is 5.08. The summed E-state index contributed by atoms with van der Waals surface area (Å²) < 4.78 is 0. The molecule has 1 atom stereocenters. The number of fused-ring (bicyclic) bond motifs is 1. The molecule has 1 amide bonds. The highest BCUT2D eigenvalue weighted by Gasteiger charge is 2.23. The van der Waals surface area contributed by atoms with Crippen molar-refractivity contribution in [3.05, 3.63) is 95.1 Å². The van der Waals surface area contributed by atoms with E-state index in [9.17, 15) is 4.79 Å². The lowest BCUT2D eigenvalue weighted by Crippen LogP contribution is -2.31. The summed E-state index contributed by atoms with van der Waals surface area (Å²) in [5.74, 6) is -0.0449. The summed E-state index contributed by atoms with van der Waals surface area (Å²) in [6.45, 7) is 1.45. The smallest absolute Gasteiger partial charge is 0.251 e. The Kier molecular flexibility index (Phi) is 5.73. The zero-order chi connectivity index (χ0) is 19.2. The maximum absolute atomic E-state index is 12.7. The Morgan fingerprint density at radius 1 is 0.964 bits per heavy atom. The summed E-state index contributed by atoms with van der Waals surface area (Å²) in [7, 11) is 0. The largest absolute Gasteiger partial charge is 0.344 e. The highest BCUT2D eigenvalue weighted by Crippen LogP contribution is 2.27. The third kappa shape index (κ3) is 4.43. The Balaban J connectivity index is 1.33. The second-order valence-corrected chi connectivity index (χ2v) is 7.09. The lowest BCUT2D eigenvalue weighted by molar-refractivity contribution is 0.0931. The number of aromatic nitrogens is 2. The first kappa shape index (κ1) is 18.3. The van der Waals surface area contributed by atoms with E-state index < -0.39 is 0 Å². The van der Waals surface area contributed by atoms with Gasteiger partial charge in [-0.2, -0.15) is 0 Å². The molecule has 0 saturated carbocycles. The van der Waals surface area contributed by atoms with Gasteiger partial charge in [-0.1, -0.05) is 24.3 Å². The molecule has 142 valence electrons. The average Bonchev–Trinajstić information content (AvgIpc) is 2.75. The number of carbonyl (C=O) groups excluding carboxylic acids is 1. The van der Waals surface area contributed by atoms with Crippen LogP contribution in [-0.2, 0) is 19.5 Å². The maximum atomic E-state index is 12.7. The molecule has 5 nitrogen and oxygen atoms in total. The minimum absolute atomic E-state index is 0.00262. The highest BCUT2D eigenvalue weighted by molar-refractivity contribution is 5.94. The molecule has 1 aromatic carbocycles. The molecule has 0 aliphatic heterocycles. The summed E-state index contributed by atoms with van der Waals surface area (Å²) >= 11 is 0. The van der Waals surface area contributed by atoms with Gasteiger partial charge in [-0.25, -0.2) is 0 Å². The minimum atomic E-state index is -0.0449. The van der Waals surface area contributed by atoms with Crippen molar-refractivity contribution in [3.8, 4) is 0 Å². The van der Waals surface area contributed by atoms with E-state index in [1.54, 1.807) is 12.4 Å². The molecular formula is C23H24N4O. The number of benzene rings is 1. The van der Waals surface area contributed by atoms with E-state index >= 15 is 0 Å². The van der Waals surface area contributed by atoms with Crippen molar-refractivity contribution >= 4 is 5.91 Å².